The molecule has 0 saturated carbocycles. The van der Waals surface area contributed by atoms with Crippen LogP contribution in [-0.4, -0.2) is 52.4 Å². The molecule has 1 fully saturated rings. The van der Waals surface area contributed by atoms with Gasteiger partial charge in [0.25, 0.3) is 5.91 Å². The van der Waals surface area contributed by atoms with Gasteiger partial charge in [0, 0.05) is 64.8 Å². The van der Waals surface area contributed by atoms with Gasteiger partial charge in [-0.05, 0) is 42.8 Å². The Labute approximate surface area is 162 Å². The fraction of sp³-hybridized carbons (Fsp3) is 0.350. The molecule has 0 N–H and O–H groups in total. The fourth-order valence-electron chi connectivity index (χ4n) is 3.29. The van der Waals surface area contributed by atoms with Gasteiger partial charge in [-0.25, -0.2) is 0 Å². The summed E-state index contributed by atoms with van der Waals surface area (Å²) in [5.41, 5.74) is 1.77. The first-order valence-corrected chi connectivity index (χ1v) is 10.6. The summed E-state index contributed by atoms with van der Waals surface area (Å²) in [5.74, 6) is 0.0310. The van der Waals surface area contributed by atoms with Gasteiger partial charge in [-0.1, -0.05) is 29.8 Å². The topological polar surface area (TPSA) is 40.6 Å². The van der Waals surface area contributed by atoms with Crippen molar-refractivity contribution in [2.45, 2.75) is 17.9 Å². The van der Waals surface area contributed by atoms with Crippen molar-refractivity contribution in [2.75, 3.05) is 32.4 Å². The lowest BCUT2D eigenvalue weighted by molar-refractivity contribution is 0.0582. The molecular weight excluding hydrogens is 368 g/mol. The van der Waals surface area contributed by atoms with Gasteiger partial charge >= 0.3 is 0 Å². The van der Waals surface area contributed by atoms with Crippen molar-refractivity contribution in [3.05, 3.63) is 64.7 Å². The van der Waals surface area contributed by atoms with Crippen molar-refractivity contribution in [1.29, 1.82) is 0 Å². The summed E-state index contributed by atoms with van der Waals surface area (Å²) in [6.45, 7) is 5.16. The molecular formula is C20H23ClN2O2S. The minimum atomic E-state index is -1.03. The van der Waals surface area contributed by atoms with E-state index in [0.717, 1.165) is 28.6 Å². The van der Waals surface area contributed by atoms with Crippen LogP contribution in [0.1, 0.15) is 28.9 Å². The molecule has 138 valence electrons. The van der Waals surface area contributed by atoms with Crippen LogP contribution in [0.3, 0.4) is 0 Å². The lowest BCUT2D eigenvalue weighted by Crippen LogP contribution is -2.49. The van der Waals surface area contributed by atoms with E-state index < -0.39 is 10.8 Å². The van der Waals surface area contributed by atoms with Crippen molar-refractivity contribution in [1.82, 2.24) is 9.80 Å². The molecule has 4 nitrogen and oxygen atoms in total. The van der Waals surface area contributed by atoms with Crippen molar-refractivity contribution in [3.63, 3.8) is 0 Å². The average Bonchev–Trinajstić information content (AvgIpc) is 2.67. The van der Waals surface area contributed by atoms with Crippen molar-refractivity contribution in [2.24, 2.45) is 0 Å². The van der Waals surface area contributed by atoms with Crippen LogP contribution >= 0.6 is 11.6 Å². The second-order valence-corrected chi connectivity index (χ2v) is 8.29. The molecule has 1 amide bonds. The molecule has 0 spiro atoms. The largest absolute Gasteiger partial charge is 0.336 e. The summed E-state index contributed by atoms with van der Waals surface area (Å²) in [4.78, 5) is 17.7. The molecule has 2 aromatic rings. The molecule has 0 aliphatic carbocycles. The van der Waals surface area contributed by atoms with Gasteiger partial charge in [-0.15, -0.1) is 0 Å². The Morgan fingerprint density at radius 3 is 2.23 bits per heavy atom. The average molecular weight is 391 g/mol. The van der Waals surface area contributed by atoms with E-state index in [1.165, 1.54) is 0 Å². The predicted octanol–water partition coefficient (Wildman–Crippen LogP) is 3.60. The van der Waals surface area contributed by atoms with Gasteiger partial charge in [0.2, 0.25) is 0 Å². The number of hydrogen-bond donors (Lipinski definition) is 0. The number of halogens is 1. The van der Waals surface area contributed by atoms with E-state index in [0.29, 0.717) is 18.7 Å². The number of carbonyl (C=O) groups excluding carboxylic acids is 1. The molecule has 0 radical (unpaired) electrons. The maximum Gasteiger partial charge on any atom is 0.253 e. The van der Waals surface area contributed by atoms with Gasteiger partial charge in [0.15, 0.2) is 0 Å². The Hall–Kier alpha value is -1.69. The van der Waals surface area contributed by atoms with Crippen LogP contribution in [0.2, 0.25) is 5.02 Å². The lowest BCUT2D eigenvalue weighted by atomic mass is 10.1. The van der Waals surface area contributed by atoms with Gasteiger partial charge in [0.1, 0.15) is 0 Å². The van der Waals surface area contributed by atoms with Gasteiger partial charge in [0.05, 0.1) is 0 Å². The summed E-state index contributed by atoms with van der Waals surface area (Å²) in [6, 6.07) is 15.2. The number of nitrogens with zero attached hydrogens (tertiary/aromatic N) is 2. The Bertz CT molecular complexity index is 802. The zero-order chi connectivity index (χ0) is 18.7. The van der Waals surface area contributed by atoms with Crippen LogP contribution in [0.4, 0.5) is 0 Å². The number of amides is 1. The van der Waals surface area contributed by atoms with Gasteiger partial charge < -0.3 is 4.90 Å². The molecule has 6 heteroatoms. The lowest BCUT2D eigenvalue weighted by Gasteiger charge is -2.38. The highest BCUT2D eigenvalue weighted by molar-refractivity contribution is 7.84. The van der Waals surface area contributed by atoms with Crippen molar-refractivity contribution < 1.29 is 9.00 Å². The fourth-order valence-corrected chi connectivity index (χ4v) is 4.11. The second-order valence-electron chi connectivity index (χ2n) is 6.50. The molecule has 1 heterocycles. The number of rotatable bonds is 4. The van der Waals surface area contributed by atoms with Gasteiger partial charge in [-0.3, -0.25) is 13.9 Å². The molecule has 1 saturated heterocycles. The van der Waals surface area contributed by atoms with E-state index in [1.807, 2.05) is 23.1 Å². The molecule has 2 atom stereocenters. The van der Waals surface area contributed by atoms with E-state index >= 15 is 0 Å². The van der Waals surface area contributed by atoms with E-state index in [9.17, 15) is 9.00 Å². The first-order chi connectivity index (χ1) is 12.5. The smallest absolute Gasteiger partial charge is 0.253 e. The highest BCUT2D eigenvalue weighted by Crippen LogP contribution is 2.28. The highest BCUT2D eigenvalue weighted by atomic mass is 35.5. The summed E-state index contributed by atoms with van der Waals surface area (Å²) in [6.07, 6.45) is 1.64. The quantitative estimate of drug-likeness (QED) is 0.800. The van der Waals surface area contributed by atoms with Crippen LogP contribution in [0.15, 0.2) is 53.4 Å². The zero-order valence-corrected chi connectivity index (χ0v) is 16.6. The molecule has 1 aliphatic rings. The third-order valence-corrected chi connectivity index (χ3v) is 6.22. The number of benzene rings is 2. The third-order valence-electron chi connectivity index (χ3n) is 4.94. The van der Waals surface area contributed by atoms with Crippen LogP contribution < -0.4 is 0 Å². The summed E-state index contributed by atoms with van der Waals surface area (Å²) in [7, 11) is -1.03. The zero-order valence-electron chi connectivity index (χ0n) is 15.0. The van der Waals surface area contributed by atoms with Gasteiger partial charge in [-0.2, -0.15) is 0 Å². The first-order valence-electron chi connectivity index (χ1n) is 8.68. The highest BCUT2D eigenvalue weighted by Gasteiger charge is 2.26. The Balaban J connectivity index is 1.62. The minimum absolute atomic E-state index is 0.0310. The summed E-state index contributed by atoms with van der Waals surface area (Å²) >= 11 is 6.32. The maximum atomic E-state index is 12.7. The minimum Gasteiger partial charge on any atom is -0.336 e. The monoisotopic (exact) mass is 390 g/mol. The number of piperazine rings is 1. The van der Waals surface area contributed by atoms with Crippen LogP contribution in [-0.2, 0) is 10.8 Å². The van der Waals surface area contributed by atoms with Crippen molar-refractivity contribution >= 4 is 28.3 Å². The number of hydrogen-bond acceptors (Lipinski definition) is 3. The third kappa shape index (κ3) is 4.17. The van der Waals surface area contributed by atoms with Crippen LogP contribution in [0.5, 0.6) is 0 Å². The molecule has 0 aromatic heterocycles. The van der Waals surface area contributed by atoms with Crippen LogP contribution in [0.25, 0.3) is 0 Å². The molecule has 26 heavy (non-hydrogen) atoms. The molecule has 2 aromatic carbocycles. The first kappa shape index (κ1) is 19.1. The normalized spacial score (nSPS) is 17.7. The Kier molecular flexibility index (Phi) is 6.12. The van der Waals surface area contributed by atoms with E-state index in [-0.39, 0.29) is 11.9 Å². The van der Waals surface area contributed by atoms with Crippen molar-refractivity contribution in [3.8, 4) is 0 Å². The van der Waals surface area contributed by atoms with Crippen LogP contribution in [0, 0.1) is 0 Å². The molecule has 3 rings (SSSR count). The molecule has 2 unspecified atom stereocenters. The molecule has 0 bridgehead atoms. The SMILES string of the molecule is CC(c1ccccc1Cl)N1CCN(C(=O)c2ccc(S(C)=O)cc2)CC1. The predicted molar refractivity (Wildman–Crippen MR) is 106 cm³/mol. The Morgan fingerprint density at radius 2 is 1.65 bits per heavy atom. The Morgan fingerprint density at radius 1 is 1.04 bits per heavy atom. The molecule has 1 aliphatic heterocycles. The second kappa shape index (κ2) is 8.33. The van der Waals surface area contributed by atoms with E-state index in [2.05, 4.69) is 17.9 Å². The number of carbonyl (C=O) groups is 1. The van der Waals surface area contributed by atoms with E-state index in [1.54, 1.807) is 30.5 Å². The summed E-state index contributed by atoms with van der Waals surface area (Å²) < 4.78 is 11.5. The summed E-state index contributed by atoms with van der Waals surface area (Å²) in [5, 5.41) is 0.784. The standard InChI is InChI=1S/C20H23ClN2O2S/c1-15(18-5-3-4-6-19(18)21)22-11-13-23(14-12-22)20(24)16-7-9-17(10-8-16)26(2)25/h3-10,15H,11-14H2,1-2H3. The maximum absolute atomic E-state index is 12.7. The van der Waals surface area contributed by atoms with E-state index in [4.69, 9.17) is 11.6 Å².